The van der Waals surface area contributed by atoms with Gasteiger partial charge in [-0.1, -0.05) is 48.5 Å². The molecule has 3 aromatic carbocycles. The van der Waals surface area contributed by atoms with Crippen LogP contribution in [0, 0.1) is 11.8 Å². The average Bonchev–Trinajstić information content (AvgIpc) is 3.55. The molecule has 6 rings (SSSR count). The number of carbonyl (C=O) groups excluding carboxylic acids is 2. The number of carboxylic acid groups (broad SMARTS) is 1. The van der Waals surface area contributed by atoms with Gasteiger partial charge in [0.2, 0.25) is 5.91 Å². The van der Waals surface area contributed by atoms with Gasteiger partial charge < -0.3 is 15.7 Å². The molecule has 3 aliphatic rings. The van der Waals surface area contributed by atoms with Crippen molar-refractivity contribution in [2.24, 2.45) is 11.8 Å². The summed E-state index contributed by atoms with van der Waals surface area (Å²) in [6.07, 6.45) is 1.22. The van der Waals surface area contributed by atoms with Crippen LogP contribution in [0.3, 0.4) is 0 Å². The normalized spacial score (nSPS) is 23.3. The number of fused-ring (bicyclic) bond motifs is 4. The minimum absolute atomic E-state index is 0.0762. The van der Waals surface area contributed by atoms with Gasteiger partial charge in [-0.3, -0.25) is 19.3 Å². The number of benzene rings is 3. The Morgan fingerprint density at radius 3 is 2.57 bits per heavy atom. The molecule has 3 aromatic rings. The van der Waals surface area contributed by atoms with Crippen molar-refractivity contribution >= 4 is 34.8 Å². The topological polar surface area (TPSA) is 98.7 Å². The number of nitrogens with one attached hydrogen (secondary N) is 2. The highest BCUT2D eigenvalue weighted by molar-refractivity contribution is 6.32. The van der Waals surface area contributed by atoms with Gasteiger partial charge in [0.1, 0.15) is 0 Å². The zero-order valence-corrected chi connectivity index (χ0v) is 19.0. The van der Waals surface area contributed by atoms with Crippen molar-refractivity contribution in [3.05, 3.63) is 89.5 Å². The number of amides is 2. The monoisotopic (exact) mass is 467 g/mol. The first-order chi connectivity index (χ1) is 17.0. The van der Waals surface area contributed by atoms with Crippen molar-refractivity contribution in [1.82, 2.24) is 5.32 Å². The average molecular weight is 468 g/mol. The van der Waals surface area contributed by atoms with E-state index in [9.17, 15) is 19.5 Å². The summed E-state index contributed by atoms with van der Waals surface area (Å²) in [6, 6.07) is 22.2. The van der Waals surface area contributed by atoms with Crippen molar-refractivity contribution in [3.8, 4) is 0 Å². The molecular weight excluding hydrogens is 442 g/mol. The maximum Gasteiger partial charge on any atom is 0.307 e. The Kier molecular flexibility index (Phi) is 4.96. The standard InChI is InChI=1S/C28H25N3O4/c32-25(33)20(18-12-13-29-16-18)15-17-6-5-7-19(14-17)31-24-11-4-2-9-22(24)28(27(31)35)21-8-1-3-10-23(21)30-26(28)34/h1-11,14,18,20,29H,12-13,15-16H2,(H,30,34)(H,32,33)/t18-,20-,28?/m0/s1. The second kappa shape index (κ2) is 8.06. The first-order valence-corrected chi connectivity index (χ1v) is 11.9. The predicted molar refractivity (Wildman–Crippen MR) is 132 cm³/mol. The maximum atomic E-state index is 14.2. The molecule has 1 spiro atoms. The second-order valence-corrected chi connectivity index (χ2v) is 9.48. The summed E-state index contributed by atoms with van der Waals surface area (Å²) in [5, 5.41) is 16.0. The van der Waals surface area contributed by atoms with E-state index in [1.54, 1.807) is 4.90 Å². The van der Waals surface area contributed by atoms with Crippen LogP contribution >= 0.6 is 0 Å². The Labute approximate surface area is 202 Å². The van der Waals surface area contributed by atoms with Gasteiger partial charge in [0, 0.05) is 22.5 Å². The molecule has 2 amide bonds. The molecule has 1 saturated heterocycles. The molecule has 3 N–H and O–H groups in total. The van der Waals surface area contributed by atoms with Crippen molar-refractivity contribution < 1.29 is 19.5 Å². The largest absolute Gasteiger partial charge is 0.481 e. The fraction of sp³-hybridized carbons (Fsp3) is 0.250. The Morgan fingerprint density at radius 2 is 1.80 bits per heavy atom. The van der Waals surface area contributed by atoms with E-state index in [4.69, 9.17) is 0 Å². The Morgan fingerprint density at radius 1 is 1.03 bits per heavy atom. The van der Waals surface area contributed by atoms with Crippen LogP contribution in [0.4, 0.5) is 17.1 Å². The molecular formula is C28H25N3O4. The fourth-order valence-corrected chi connectivity index (χ4v) is 5.92. The number of rotatable bonds is 5. The maximum absolute atomic E-state index is 14.2. The van der Waals surface area contributed by atoms with Gasteiger partial charge in [0.15, 0.2) is 5.41 Å². The Balaban J connectivity index is 1.42. The number of nitrogens with zero attached hydrogens (tertiary/aromatic N) is 1. The Hall–Kier alpha value is -3.97. The van der Waals surface area contributed by atoms with Crippen molar-refractivity contribution in [2.75, 3.05) is 23.3 Å². The van der Waals surface area contributed by atoms with Gasteiger partial charge in [-0.25, -0.2) is 0 Å². The summed E-state index contributed by atoms with van der Waals surface area (Å²) < 4.78 is 0. The van der Waals surface area contributed by atoms with Crippen molar-refractivity contribution in [3.63, 3.8) is 0 Å². The van der Waals surface area contributed by atoms with Crippen LogP contribution in [0.15, 0.2) is 72.8 Å². The van der Waals surface area contributed by atoms with Gasteiger partial charge in [-0.2, -0.15) is 0 Å². The molecule has 3 aliphatic heterocycles. The van der Waals surface area contributed by atoms with Crippen molar-refractivity contribution in [2.45, 2.75) is 18.3 Å². The quantitative estimate of drug-likeness (QED) is 0.499. The summed E-state index contributed by atoms with van der Waals surface area (Å²) in [5.41, 5.74) is 2.65. The molecule has 35 heavy (non-hydrogen) atoms. The summed E-state index contributed by atoms with van der Waals surface area (Å²) >= 11 is 0. The molecule has 0 radical (unpaired) electrons. The molecule has 0 aromatic heterocycles. The predicted octanol–water partition coefficient (Wildman–Crippen LogP) is 3.46. The highest BCUT2D eigenvalue weighted by atomic mass is 16.4. The smallest absolute Gasteiger partial charge is 0.307 e. The van der Waals surface area contributed by atoms with Gasteiger partial charge in [0.05, 0.1) is 11.6 Å². The number of hydrogen-bond acceptors (Lipinski definition) is 4. The summed E-state index contributed by atoms with van der Waals surface area (Å²) in [4.78, 5) is 41.2. The van der Waals surface area contributed by atoms with E-state index in [-0.39, 0.29) is 17.7 Å². The van der Waals surface area contributed by atoms with E-state index < -0.39 is 17.3 Å². The number of carbonyl (C=O) groups is 3. The summed E-state index contributed by atoms with van der Waals surface area (Å²) in [6.45, 7) is 1.53. The highest BCUT2D eigenvalue weighted by Crippen LogP contribution is 2.53. The van der Waals surface area contributed by atoms with E-state index >= 15 is 0 Å². The molecule has 1 fully saturated rings. The van der Waals surface area contributed by atoms with Gasteiger partial charge in [0.25, 0.3) is 5.91 Å². The zero-order chi connectivity index (χ0) is 24.2. The van der Waals surface area contributed by atoms with E-state index in [0.717, 1.165) is 18.5 Å². The number of aliphatic carboxylic acids is 1. The molecule has 0 saturated carbocycles. The highest BCUT2D eigenvalue weighted by Gasteiger charge is 2.61. The molecule has 7 nitrogen and oxygen atoms in total. The lowest BCUT2D eigenvalue weighted by atomic mass is 9.76. The minimum atomic E-state index is -1.44. The minimum Gasteiger partial charge on any atom is -0.481 e. The number of anilines is 3. The number of carboxylic acids is 1. The van der Waals surface area contributed by atoms with Gasteiger partial charge in [-0.05, 0) is 61.7 Å². The van der Waals surface area contributed by atoms with Crippen molar-refractivity contribution in [1.29, 1.82) is 0 Å². The number of para-hydroxylation sites is 2. The van der Waals surface area contributed by atoms with Crippen LogP contribution in [-0.2, 0) is 26.2 Å². The fourth-order valence-electron chi connectivity index (χ4n) is 5.92. The molecule has 176 valence electrons. The van der Waals surface area contributed by atoms with Crippen LogP contribution in [0.5, 0.6) is 0 Å². The van der Waals surface area contributed by atoms with Crippen LogP contribution in [-0.4, -0.2) is 36.0 Å². The molecule has 1 unspecified atom stereocenters. The molecule has 3 heterocycles. The first-order valence-electron chi connectivity index (χ1n) is 11.9. The van der Waals surface area contributed by atoms with E-state index in [2.05, 4.69) is 10.6 Å². The third-order valence-corrected chi connectivity index (χ3v) is 7.60. The molecule has 3 atom stereocenters. The number of hydrogen-bond donors (Lipinski definition) is 3. The van der Waals surface area contributed by atoms with Crippen LogP contribution < -0.4 is 15.5 Å². The lowest BCUT2D eigenvalue weighted by Gasteiger charge is -2.24. The van der Waals surface area contributed by atoms with E-state index in [1.165, 1.54) is 0 Å². The summed E-state index contributed by atoms with van der Waals surface area (Å²) in [7, 11) is 0. The van der Waals surface area contributed by atoms with Gasteiger partial charge >= 0.3 is 5.97 Å². The molecule has 0 aliphatic carbocycles. The third kappa shape index (κ3) is 3.12. The van der Waals surface area contributed by atoms with Crippen LogP contribution in [0.1, 0.15) is 23.1 Å². The van der Waals surface area contributed by atoms with E-state index in [1.807, 2.05) is 72.8 Å². The third-order valence-electron chi connectivity index (χ3n) is 7.60. The SMILES string of the molecule is O=C(O)[C@@H](Cc1cccc(N2C(=O)C3(C(=O)Nc4ccccc43)c3ccccc32)c1)[C@H]1CCNC1. The zero-order valence-electron chi connectivity index (χ0n) is 19.0. The summed E-state index contributed by atoms with van der Waals surface area (Å²) in [5.74, 6) is -1.90. The van der Waals surface area contributed by atoms with E-state index in [0.29, 0.717) is 41.2 Å². The molecule has 7 heteroatoms. The first kappa shape index (κ1) is 21.6. The second-order valence-electron chi connectivity index (χ2n) is 9.48. The van der Waals surface area contributed by atoms with Crippen LogP contribution in [0.25, 0.3) is 0 Å². The lowest BCUT2D eigenvalue weighted by Crippen LogP contribution is -2.44. The Bertz CT molecular complexity index is 1360. The molecule has 0 bridgehead atoms. The van der Waals surface area contributed by atoms with Gasteiger partial charge in [-0.15, -0.1) is 0 Å². The van der Waals surface area contributed by atoms with Crippen LogP contribution in [0.2, 0.25) is 0 Å². The lowest BCUT2D eigenvalue weighted by molar-refractivity contribution is -0.143.